The molecule has 0 spiro atoms. The zero-order valence-corrected chi connectivity index (χ0v) is 11.0. The van der Waals surface area contributed by atoms with Crippen LogP contribution in [-0.2, 0) is 19.4 Å². The summed E-state index contributed by atoms with van der Waals surface area (Å²) in [7, 11) is 0. The molecule has 1 N–H and O–H groups in total. The quantitative estimate of drug-likeness (QED) is 0.792. The van der Waals surface area contributed by atoms with Crippen LogP contribution in [0.25, 0.3) is 0 Å². The van der Waals surface area contributed by atoms with Crippen molar-refractivity contribution < 1.29 is 0 Å². The van der Waals surface area contributed by atoms with Crippen LogP contribution in [0.15, 0.2) is 4.79 Å². The van der Waals surface area contributed by atoms with Crippen LogP contribution in [0.2, 0.25) is 0 Å². The van der Waals surface area contributed by atoms with Crippen molar-refractivity contribution >= 4 is 0 Å². The van der Waals surface area contributed by atoms with Crippen molar-refractivity contribution in [2.75, 3.05) is 0 Å². The van der Waals surface area contributed by atoms with E-state index in [4.69, 9.17) is 0 Å². The summed E-state index contributed by atoms with van der Waals surface area (Å²) in [6.07, 6.45) is 4.04. The second-order valence-electron chi connectivity index (χ2n) is 4.87. The van der Waals surface area contributed by atoms with Gasteiger partial charge in [-0.1, -0.05) is 34.1 Å². The van der Waals surface area contributed by atoms with Gasteiger partial charge in [-0.3, -0.25) is 14.6 Å². The van der Waals surface area contributed by atoms with Gasteiger partial charge in [0, 0.05) is 17.8 Å². The van der Waals surface area contributed by atoms with E-state index in [1.165, 1.54) is 5.69 Å². The zero-order chi connectivity index (χ0) is 12.1. The second-order valence-corrected chi connectivity index (χ2v) is 4.87. The van der Waals surface area contributed by atoms with Gasteiger partial charge in [0.15, 0.2) is 0 Å². The molecule has 0 aromatic carbocycles. The van der Waals surface area contributed by atoms with Gasteiger partial charge in [0.1, 0.15) is 0 Å². The normalized spacial score (nSPS) is 11.3. The minimum Gasteiger partial charge on any atom is -0.289 e. The van der Waals surface area contributed by atoms with Crippen LogP contribution in [0.3, 0.4) is 0 Å². The number of rotatable bonds is 6. The largest absolute Gasteiger partial charge is 0.289 e. The van der Waals surface area contributed by atoms with E-state index in [0.717, 1.165) is 37.8 Å². The fraction of sp³-hybridized carbons (Fsp3) is 0.769. The third-order valence-electron chi connectivity index (χ3n) is 2.73. The first-order valence-electron chi connectivity index (χ1n) is 6.40. The molecular weight excluding hydrogens is 200 g/mol. The molecule has 0 aliphatic heterocycles. The monoisotopic (exact) mass is 224 g/mol. The van der Waals surface area contributed by atoms with Crippen LogP contribution >= 0.6 is 0 Å². The predicted molar refractivity (Wildman–Crippen MR) is 67.9 cm³/mol. The van der Waals surface area contributed by atoms with Gasteiger partial charge >= 0.3 is 0 Å². The van der Waals surface area contributed by atoms with Gasteiger partial charge in [0.25, 0.3) is 5.56 Å². The maximum Gasteiger partial charge on any atom is 0.267 e. The predicted octanol–water partition coefficient (Wildman–Crippen LogP) is 2.74. The van der Waals surface area contributed by atoms with E-state index >= 15 is 0 Å². The summed E-state index contributed by atoms with van der Waals surface area (Å²) < 4.78 is 2.05. The van der Waals surface area contributed by atoms with E-state index in [-0.39, 0.29) is 5.56 Å². The van der Waals surface area contributed by atoms with Crippen molar-refractivity contribution in [1.82, 2.24) is 9.78 Å². The van der Waals surface area contributed by atoms with Crippen molar-refractivity contribution in [1.29, 1.82) is 0 Å². The van der Waals surface area contributed by atoms with Crippen molar-refractivity contribution in [2.24, 2.45) is 5.92 Å². The van der Waals surface area contributed by atoms with Crippen molar-refractivity contribution in [3.63, 3.8) is 0 Å². The third kappa shape index (κ3) is 3.00. The van der Waals surface area contributed by atoms with Gasteiger partial charge < -0.3 is 0 Å². The number of nitrogens with zero attached hydrogens (tertiary/aromatic N) is 1. The molecule has 0 aliphatic rings. The van der Waals surface area contributed by atoms with Crippen LogP contribution < -0.4 is 5.56 Å². The molecule has 0 aliphatic carbocycles. The van der Waals surface area contributed by atoms with E-state index in [1.54, 1.807) is 0 Å². The minimum absolute atomic E-state index is 0.116. The number of aryl methyl sites for hydroxylation is 1. The number of aromatic nitrogens is 2. The number of H-pyrrole nitrogens is 1. The molecule has 1 aromatic heterocycles. The van der Waals surface area contributed by atoms with Gasteiger partial charge in [0.2, 0.25) is 0 Å². The van der Waals surface area contributed by atoms with Crippen molar-refractivity contribution in [2.45, 2.75) is 59.9 Å². The Bertz CT molecular complexity index is 374. The summed E-state index contributed by atoms with van der Waals surface area (Å²) in [4.78, 5) is 11.9. The molecule has 3 heteroatoms. The summed E-state index contributed by atoms with van der Waals surface area (Å²) in [6.45, 7) is 9.53. The molecule has 0 saturated heterocycles. The standard InChI is InChI=1S/C13H24N2O/c1-5-7-12-11(9-10(3)4)13(16)14-15(12)8-6-2/h10H,5-9H2,1-4H3,(H,14,16). The molecule has 92 valence electrons. The summed E-state index contributed by atoms with van der Waals surface area (Å²) in [5.74, 6) is 0.536. The van der Waals surface area contributed by atoms with Gasteiger partial charge in [-0.2, -0.15) is 0 Å². The molecule has 1 heterocycles. The first kappa shape index (κ1) is 13.1. The molecule has 0 unspecified atom stereocenters. The number of hydrogen-bond acceptors (Lipinski definition) is 1. The van der Waals surface area contributed by atoms with Crippen LogP contribution in [0, 0.1) is 5.92 Å². The molecule has 0 bridgehead atoms. The molecule has 0 amide bonds. The summed E-state index contributed by atoms with van der Waals surface area (Å²) in [5, 5.41) is 2.97. The Balaban J connectivity index is 3.07. The smallest absolute Gasteiger partial charge is 0.267 e. The first-order valence-corrected chi connectivity index (χ1v) is 6.40. The van der Waals surface area contributed by atoms with Gasteiger partial charge in [-0.15, -0.1) is 0 Å². The Hall–Kier alpha value is -0.990. The van der Waals surface area contributed by atoms with Gasteiger partial charge in [-0.05, 0) is 25.2 Å². The zero-order valence-electron chi connectivity index (χ0n) is 11.0. The van der Waals surface area contributed by atoms with Crippen molar-refractivity contribution in [3.05, 3.63) is 21.6 Å². The highest BCUT2D eigenvalue weighted by molar-refractivity contribution is 5.19. The van der Waals surface area contributed by atoms with E-state index in [0.29, 0.717) is 5.92 Å². The summed E-state index contributed by atoms with van der Waals surface area (Å²) in [5.41, 5.74) is 2.35. The second kappa shape index (κ2) is 5.92. The molecule has 0 fully saturated rings. The minimum atomic E-state index is 0.116. The molecule has 0 radical (unpaired) electrons. The van der Waals surface area contributed by atoms with E-state index < -0.39 is 0 Å². The lowest BCUT2D eigenvalue weighted by atomic mass is 10.0. The Morgan fingerprint density at radius 2 is 1.94 bits per heavy atom. The lowest BCUT2D eigenvalue weighted by molar-refractivity contribution is 0.562. The summed E-state index contributed by atoms with van der Waals surface area (Å²) in [6, 6.07) is 0. The summed E-state index contributed by atoms with van der Waals surface area (Å²) >= 11 is 0. The average Bonchev–Trinajstić information content (AvgIpc) is 2.47. The van der Waals surface area contributed by atoms with E-state index in [2.05, 4.69) is 32.8 Å². The maximum absolute atomic E-state index is 11.9. The first-order chi connectivity index (χ1) is 7.60. The number of aromatic amines is 1. The Morgan fingerprint density at radius 1 is 1.25 bits per heavy atom. The third-order valence-corrected chi connectivity index (χ3v) is 2.73. The fourth-order valence-electron chi connectivity index (χ4n) is 2.11. The molecule has 0 atom stereocenters. The Labute approximate surface area is 97.8 Å². The van der Waals surface area contributed by atoms with Crippen LogP contribution in [-0.4, -0.2) is 9.78 Å². The number of hydrogen-bond donors (Lipinski definition) is 1. The highest BCUT2D eigenvalue weighted by atomic mass is 16.1. The Morgan fingerprint density at radius 3 is 2.44 bits per heavy atom. The fourth-order valence-corrected chi connectivity index (χ4v) is 2.11. The van der Waals surface area contributed by atoms with Crippen LogP contribution in [0.5, 0.6) is 0 Å². The molecule has 16 heavy (non-hydrogen) atoms. The average molecular weight is 224 g/mol. The number of nitrogens with one attached hydrogen (secondary N) is 1. The van der Waals surface area contributed by atoms with Gasteiger partial charge in [0.05, 0.1) is 0 Å². The van der Waals surface area contributed by atoms with E-state index in [1.807, 2.05) is 4.68 Å². The topological polar surface area (TPSA) is 37.8 Å². The van der Waals surface area contributed by atoms with Crippen LogP contribution in [0.1, 0.15) is 51.8 Å². The maximum atomic E-state index is 11.9. The highest BCUT2D eigenvalue weighted by Gasteiger charge is 2.14. The lowest BCUT2D eigenvalue weighted by Crippen LogP contribution is -2.10. The Kier molecular flexibility index (Phi) is 4.84. The van der Waals surface area contributed by atoms with Gasteiger partial charge in [-0.25, -0.2) is 0 Å². The molecular formula is C13H24N2O. The molecule has 0 saturated carbocycles. The molecule has 1 rings (SSSR count). The van der Waals surface area contributed by atoms with E-state index in [9.17, 15) is 4.79 Å². The molecule has 3 nitrogen and oxygen atoms in total. The molecule has 1 aromatic rings. The van der Waals surface area contributed by atoms with Crippen LogP contribution in [0.4, 0.5) is 0 Å². The van der Waals surface area contributed by atoms with Crippen molar-refractivity contribution in [3.8, 4) is 0 Å². The highest BCUT2D eigenvalue weighted by Crippen LogP contribution is 2.12. The SMILES string of the molecule is CCCc1c(CC(C)C)c(=O)[nH]n1CCC. The lowest BCUT2D eigenvalue weighted by Gasteiger charge is -2.09.